The fourth-order valence-corrected chi connectivity index (χ4v) is 2.23. The quantitative estimate of drug-likeness (QED) is 0.708. The summed E-state index contributed by atoms with van der Waals surface area (Å²) in [5.41, 5.74) is 2.45. The molecule has 0 aliphatic heterocycles. The number of benzene rings is 1. The van der Waals surface area contributed by atoms with Crippen LogP contribution in [-0.4, -0.2) is 22.8 Å². The Morgan fingerprint density at radius 3 is 3.12 bits per heavy atom. The van der Waals surface area contributed by atoms with E-state index in [1.165, 1.54) is 18.4 Å². The molecule has 0 radical (unpaired) electrons. The lowest BCUT2D eigenvalue weighted by molar-refractivity contribution is 0.683. The van der Waals surface area contributed by atoms with Gasteiger partial charge in [-0.3, -0.25) is 5.10 Å². The van der Waals surface area contributed by atoms with Crippen LogP contribution in [0.3, 0.4) is 0 Å². The van der Waals surface area contributed by atoms with Crippen LogP contribution in [-0.2, 0) is 6.42 Å². The van der Waals surface area contributed by atoms with Crippen LogP contribution in [0.25, 0.3) is 10.9 Å². The summed E-state index contributed by atoms with van der Waals surface area (Å²) >= 11 is 4.32. The minimum atomic E-state index is 0.779. The van der Waals surface area contributed by atoms with Crippen LogP contribution in [0.1, 0.15) is 18.4 Å². The number of nitrogens with one attached hydrogen (secondary N) is 2. The number of H-pyrrole nitrogens is 1. The maximum Gasteiger partial charge on any atom is 0.123 e. The molecule has 3 rings (SSSR count). The van der Waals surface area contributed by atoms with Gasteiger partial charge >= 0.3 is 0 Å². The van der Waals surface area contributed by atoms with Crippen molar-refractivity contribution in [1.82, 2.24) is 15.5 Å². The van der Waals surface area contributed by atoms with Gasteiger partial charge in [0.05, 0.1) is 5.52 Å². The van der Waals surface area contributed by atoms with Crippen LogP contribution in [0.15, 0.2) is 23.2 Å². The molecule has 0 unspecified atom stereocenters. The van der Waals surface area contributed by atoms with Crippen molar-refractivity contribution in [3.05, 3.63) is 23.8 Å². The molecule has 84 valence electrons. The SMILES string of the molecule is Sc1n[nH]c2c(CCNC3CC3)cccc12. The van der Waals surface area contributed by atoms with Gasteiger partial charge in [-0.15, -0.1) is 12.6 Å². The van der Waals surface area contributed by atoms with Crippen molar-refractivity contribution < 1.29 is 0 Å². The van der Waals surface area contributed by atoms with Crippen molar-refractivity contribution in [3.8, 4) is 0 Å². The van der Waals surface area contributed by atoms with Crippen LogP contribution in [0.5, 0.6) is 0 Å². The molecule has 2 N–H and O–H groups in total. The first kappa shape index (κ1) is 10.2. The number of aromatic nitrogens is 2. The zero-order chi connectivity index (χ0) is 11.0. The number of para-hydroxylation sites is 1. The number of rotatable bonds is 4. The number of nitrogens with zero attached hydrogens (tertiary/aromatic N) is 1. The van der Waals surface area contributed by atoms with E-state index in [0.717, 1.165) is 34.9 Å². The third-order valence-electron chi connectivity index (χ3n) is 3.07. The van der Waals surface area contributed by atoms with E-state index >= 15 is 0 Å². The van der Waals surface area contributed by atoms with Crippen LogP contribution < -0.4 is 5.32 Å². The van der Waals surface area contributed by atoms with Gasteiger partial charge in [0.25, 0.3) is 0 Å². The zero-order valence-corrected chi connectivity index (χ0v) is 9.93. The highest BCUT2D eigenvalue weighted by Crippen LogP contribution is 2.23. The van der Waals surface area contributed by atoms with E-state index in [0.29, 0.717) is 0 Å². The highest BCUT2D eigenvalue weighted by Gasteiger charge is 2.19. The fraction of sp³-hybridized carbons (Fsp3) is 0.417. The van der Waals surface area contributed by atoms with Gasteiger partial charge in [-0.25, -0.2) is 0 Å². The van der Waals surface area contributed by atoms with Crippen LogP contribution in [0.2, 0.25) is 0 Å². The number of hydrogen-bond acceptors (Lipinski definition) is 3. The summed E-state index contributed by atoms with van der Waals surface area (Å²) in [5, 5.41) is 12.6. The van der Waals surface area contributed by atoms with E-state index in [4.69, 9.17) is 0 Å². The Bertz CT molecular complexity index is 502. The first-order chi connectivity index (χ1) is 7.84. The Balaban J connectivity index is 1.79. The number of thiol groups is 1. The number of fused-ring (bicyclic) bond motifs is 1. The predicted molar refractivity (Wildman–Crippen MR) is 68.1 cm³/mol. The molecule has 1 aromatic carbocycles. The third kappa shape index (κ3) is 1.95. The molecule has 1 saturated carbocycles. The molecule has 1 aromatic heterocycles. The van der Waals surface area contributed by atoms with Crippen molar-refractivity contribution >= 4 is 23.5 Å². The molecule has 1 fully saturated rings. The molecule has 0 spiro atoms. The van der Waals surface area contributed by atoms with Gasteiger partial charge in [0.1, 0.15) is 5.03 Å². The average Bonchev–Trinajstić information content (AvgIpc) is 3.04. The minimum absolute atomic E-state index is 0.779. The highest BCUT2D eigenvalue weighted by molar-refractivity contribution is 7.80. The van der Waals surface area contributed by atoms with Gasteiger partial charge in [-0.1, -0.05) is 18.2 Å². The first-order valence-corrected chi connectivity index (χ1v) is 6.17. The lowest BCUT2D eigenvalue weighted by Gasteiger charge is -2.04. The summed E-state index contributed by atoms with van der Waals surface area (Å²) in [6.07, 6.45) is 3.73. The molecule has 4 heteroatoms. The van der Waals surface area contributed by atoms with Crippen LogP contribution >= 0.6 is 12.6 Å². The summed E-state index contributed by atoms with van der Waals surface area (Å²) in [6.45, 7) is 1.05. The van der Waals surface area contributed by atoms with E-state index in [1.807, 2.05) is 0 Å². The number of hydrogen-bond donors (Lipinski definition) is 3. The van der Waals surface area contributed by atoms with E-state index in [-0.39, 0.29) is 0 Å². The van der Waals surface area contributed by atoms with Gasteiger partial charge in [0.15, 0.2) is 0 Å². The Morgan fingerprint density at radius 2 is 2.31 bits per heavy atom. The molecular weight excluding hydrogens is 218 g/mol. The zero-order valence-electron chi connectivity index (χ0n) is 9.03. The number of aromatic amines is 1. The topological polar surface area (TPSA) is 40.7 Å². The van der Waals surface area contributed by atoms with E-state index in [9.17, 15) is 0 Å². The monoisotopic (exact) mass is 233 g/mol. The summed E-state index contributed by atoms with van der Waals surface area (Å²) in [7, 11) is 0. The Hall–Kier alpha value is -1.00. The van der Waals surface area contributed by atoms with Crippen molar-refractivity contribution in [3.63, 3.8) is 0 Å². The largest absolute Gasteiger partial charge is 0.314 e. The maximum atomic E-state index is 4.32. The van der Waals surface area contributed by atoms with Gasteiger partial charge in [-0.05, 0) is 31.4 Å². The highest BCUT2D eigenvalue weighted by atomic mass is 32.1. The maximum absolute atomic E-state index is 4.32. The second kappa shape index (κ2) is 4.11. The Morgan fingerprint density at radius 1 is 1.44 bits per heavy atom. The molecule has 0 bridgehead atoms. The molecule has 1 heterocycles. The van der Waals surface area contributed by atoms with Gasteiger partial charge in [0, 0.05) is 11.4 Å². The molecular formula is C12H15N3S. The van der Waals surface area contributed by atoms with E-state index in [2.05, 4.69) is 46.3 Å². The Kier molecular flexibility index (Phi) is 2.61. The minimum Gasteiger partial charge on any atom is -0.314 e. The van der Waals surface area contributed by atoms with Crippen molar-refractivity contribution in [1.29, 1.82) is 0 Å². The van der Waals surface area contributed by atoms with E-state index in [1.54, 1.807) is 0 Å². The van der Waals surface area contributed by atoms with Gasteiger partial charge in [0.2, 0.25) is 0 Å². The summed E-state index contributed by atoms with van der Waals surface area (Å²) in [5.74, 6) is 0. The van der Waals surface area contributed by atoms with Gasteiger partial charge in [-0.2, -0.15) is 5.10 Å². The summed E-state index contributed by atoms with van der Waals surface area (Å²) in [4.78, 5) is 0. The molecule has 2 aromatic rings. The molecule has 1 aliphatic rings. The average molecular weight is 233 g/mol. The van der Waals surface area contributed by atoms with E-state index < -0.39 is 0 Å². The van der Waals surface area contributed by atoms with Crippen LogP contribution in [0, 0.1) is 0 Å². The molecule has 3 nitrogen and oxygen atoms in total. The second-order valence-electron chi connectivity index (χ2n) is 4.37. The normalized spacial score (nSPS) is 15.8. The molecule has 0 saturated heterocycles. The first-order valence-electron chi connectivity index (χ1n) is 5.73. The standard InChI is InChI=1S/C12H15N3S/c16-12-10-3-1-2-8(11(10)14-15-12)6-7-13-9-4-5-9/h1-3,9,13H,4-7H2,(H2,14,15,16). The van der Waals surface area contributed by atoms with Crippen LogP contribution in [0.4, 0.5) is 0 Å². The predicted octanol–water partition coefficient (Wildman–Crippen LogP) is 2.15. The molecule has 1 aliphatic carbocycles. The fourth-order valence-electron chi connectivity index (χ4n) is 1.99. The van der Waals surface area contributed by atoms with Crippen molar-refractivity contribution in [2.75, 3.05) is 6.54 Å². The smallest absolute Gasteiger partial charge is 0.123 e. The second-order valence-corrected chi connectivity index (χ2v) is 4.79. The lowest BCUT2D eigenvalue weighted by Crippen LogP contribution is -2.19. The molecule has 0 amide bonds. The lowest BCUT2D eigenvalue weighted by atomic mass is 10.1. The Labute approximate surface area is 100 Å². The van der Waals surface area contributed by atoms with Crippen molar-refractivity contribution in [2.45, 2.75) is 30.3 Å². The molecule has 16 heavy (non-hydrogen) atoms. The third-order valence-corrected chi connectivity index (χ3v) is 3.41. The molecule has 0 atom stereocenters. The van der Waals surface area contributed by atoms with Gasteiger partial charge < -0.3 is 5.32 Å². The van der Waals surface area contributed by atoms with Crippen molar-refractivity contribution in [2.24, 2.45) is 0 Å². The summed E-state index contributed by atoms with van der Waals surface area (Å²) in [6, 6.07) is 7.06. The summed E-state index contributed by atoms with van der Waals surface area (Å²) < 4.78 is 0.